The quantitative estimate of drug-likeness (QED) is 0.906. The number of pyridine rings is 1. The van der Waals surface area contributed by atoms with E-state index in [2.05, 4.69) is 11.9 Å². The summed E-state index contributed by atoms with van der Waals surface area (Å²) in [5, 5.41) is 9.58. The van der Waals surface area contributed by atoms with Gasteiger partial charge in [-0.15, -0.1) is 0 Å². The highest BCUT2D eigenvalue weighted by atomic mass is 16.5. The minimum atomic E-state index is -0.551. The molecule has 1 atom stereocenters. The number of aliphatic hydroxyl groups is 1. The normalized spacial score (nSPS) is 12.0. The van der Waals surface area contributed by atoms with Gasteiger partial charge < -0.3 is 14.6 Å². The summed E-state index contributed by atoms with van der Waals surface area (Å²) in [7, 11) is 1.61. The van der Waals surface area contributed by atoms with Crippen LogP contribution in [-0.4, -0.2) is 17.2 Å². The van der Waals surface area contributed by atoms with Crippen LogP contribution in [-0.2, 0) is 6.42 Å². The van der Waals surface area contributed by atoms with Crippen molar-refractivity contribution >= 4 is 0 Å². The Morgan fingerprint density at radius 3 is 2.65 bits per heavy atom. The van der Waals surface area contributed by atoms with Crippen molar-refractivity contribution < 1.29 is 14.6 Å². The van der Waals surface area contributed by atoms with Crippen molar-refractivity contribution in [2.24, 2.45) is 0 Å². The molecule has 1 aromatic heterocycles. The Hall–Kier alpha value is -2.07. The van der Waals surface area contributed by atoms with E-state index in [1.807, 2.05) is 18.2 Å². The summed E-state index contributed by atoms with van der Waals surface area (Å²) in [6, 6.07) is 9.30. The number of aryl methyl sites for hydroxylation is 1. The van der Waals surface area contributed by atoms with Crippen LogP contribution in [0.5, 0.6) is 17.4 Å². The molecular weight excluding hydrogens is 254 g/mol. The van der Waals surface area contributed by atoms with Gasteiger partial charge >= 0.3 is 0 Å². The first kappa shape index (κ1) is 14.3. The minimum absolute atomic E-state index is 0.436. The topological polar surface area (TPSA) is 51.6 Å². The molecule has 0 aliphatic carbocycles. The summed E-state index contributed by atoms with van der Waals surface area (Å²) in [4.78, 5) is 4.15. The van der Waals surface area contributed by atoms with Gasteiger partial charge in [0.15, 0.2) is 11.5 Å². The number of aromatic nitrogens is 1. The zero-order valence-corrected chi connectivity index (χ0v) is 12.0. The molecular formula is C16H19NO3. The van der Waals surface area contributed by atoms with E-state index < -0.39 is 6.10 Å². The fraction of sp³-hybridized carbons (Fsp3) is 0.312. The number of hydrogen-bond acceptors (Lipinski definition) is 4. The SMILES string of the molecule is CCc1ccc(Oc2cc([C@@H](C)O)ccn2)c(OC)c1. The Kier molecular flexibility index (Phi) is 4.58. The zero-order chi connectivity index (χ0) is 14.5. The lowest BCUT2D eigenvalue weighted by atomic mass is 10.1. The second kappa shape index (κ2) is 6.39. The van der Waals surface area contributed by atoms with E-state index in [1.165, 1.54) is 5.56 Å². The lowest BCUT2D eigenvalue weighted by Gasteiger charge is -2.12. The molecule has 106 valence electrons. The maximum atomic E-state index is 9.58. The van der Waals surface area contributed by atoms with Crippen molar-refractivity contribution in [3.05, 3.63) is 47.7 Å². The molecule has 0 aliphatic rings. The van der Waals surface area contributed by atoms with Gasteiger partial charge in [-0.05, 0) is 42.7 Å². The molecule has 0 radical (unpaired) electrons. The van der Waals surface area contributed by atoms with Gasteiger partial charge in [-0.1, -0.05) is 13.0 Å². The van der Waals surface area contributed by atoms with Gasteiger partial charge in [-0.25, -0.2) is 4.98 Å². The minimum Gasteiger partial charge on any atom is -0.493 e. The Labute approximate surface area is 119 Å². The Morgan fingerprint density at radius 2 is 2.00 bits per heavy atom. The highest BCUT2D eigenvalue weighted by Crippen LogP contribution is 2.32. The standard InChI is InChI=1S/C16H19NO3/c1-4-12-5-6-14(15(9-12)19-3)20-16-10-13(11(2)18)7-8-17-16/h5-11,18H,4H2,1-3H3/t11-/m1/s1. The molecule has 0 aliphatic heterocycles. The second-order valence-electron chi connectivity index (χ2n) is 4.54. The average molecular weight is 273 g/mol. The van der Waals surface area contributed by atoms with Crippen molar-refractivity contribution in [1.82, 2.24) is 4.98 Å². The third-order valence-electron chi connectivity index (χ3n) is 3.09. The van der Waals surface area contributed by atoms with Crippen LogP contribution in [0, 0.1) is 0 Å². The van der Waals surface area contributed by atoms with Gasteiger partial charge in [-0.3, -0.25) is 0 Å². The highest BCUT2D eigenvalue weighted by molar-refractivity contribution is 5.44. The van der Waals surface area contributed by atoms with Crippen molar-refractivity contribution in [2.75, 3.05) is 7.11 Å². The first-order valence-corrected chi connectivity index (χ1v) is 6.62. The molecule has 0 amide bonds. The van der Waals surface area contributed by atoms with Gasteiger partial charge in [0.25, 0.3) is 0 Å². The number of ether oxygens (including phenoxy) is 2. The molecule has 20 heavy (non-hydrogen) atoms. The van der Waals surface area contributed by atoms with E-state index >= 15 is 0 Å². The molecule has 0 spiro atoms. The van der Waals surface area contributed by atoms with Crippen LogP contribution in [0.4, 0.5) is 0 Å². The Morgan fingerprint density at radius 1 is 1.20 bits per heavy atom. The summed E-state index contributed by atoms with van der Waals surface area (Å²) in [5.74, 6) is 1.72. The van der Waals surface area contributed by atoms with Crippen LogP contribution >= 0.6 is 0 Å². The van der Waals surface area contributed by atoms with Gasteiger partial charge in [0.1, 0.15) is 0 Å². The van der Waals surface area contributed by atoms with Crippen molar-refractivity contribution in [1.29, 1.82) is 0 Å². The van der Waals surface area contributed by atoms with Crippen molar-refractivity contribution in [2.45, 2.75) is 26.4 Å². The summed E-state index contributed by atoms with van der Waals surface area (Å²) >= 11 is 0. The van der Waals surface area contributed by atoms with Crippen LogP contribution in [0.15, 0.2) is 36.5 Å². The number of hydrogen-bond donors (Lipinski definition) is 1. The largest absolute Gasteiger partial charge is 0.493 e. The third-order valence-corrected chi connectivity index (χ3v) is 3.09. The molecule has 0 saturated heterocycles. The first-order chi connectivity index (χ1) is 9.63. The van der Waals surface area contributed by atoms with Gasteiger partial charge in [0.05, 0.1) is 13.2 Å². The van der Waals surface area contributed by atoms with Crippen LogP contribution < -0.4 is 9.47 Å². The first-order valence-electron chi connectivity index (χ1n) is 6.62. The second-order valence-corrected chi connectivity index (χ2v) is 4.54. The summed E-state index contributed by atoms with van der Waals surface area (Å²) < 4.78 is 11.1. The fourth-order valence-corrected chi connectivity index (χ4v) is 1.87. The highest BCUT2D eigenvalue weighted by Gasteiger charge is 2.09. The number of aliphatic hydroxyl groups excluding tert-OH is 1. The van der Waals surface area contributed by atoms with Crippen molar-refractivity contribution in [3.63, 3.8) is 0 Å². The van der Waals surface area contributed by atoms with Gasteiger partial charge in [0.2, 0.25) is 5.88 Å². The lowest BCUT2D eigenvalue weighted by molar-refractivity contribution is 0.198. The molecule has 4 nitrogen and oxygen atoms in total. The van der Waals surface area contributed by atoms with E-state index in [-0.39, 0.29) is 0 Å². The average Bonchev–Trinajstić information content (AvgIpc) is 2.48. The predicted molar refractivity (Wildman–Crippen MR) is 77.3 cm³/mol. The molecule has 1 N–H and O–H groups in total. The van der Waals surface area contributed by atoms with Crippen LogP contribution in [0.2, 0.25) is 0 Å². The molecule has 0 unspecified atom stereocenters. The summed E-state index contributed by atoms with van der Waals surface area (Å²) in [6.45, 7) is 3.79. The molecule has 0 saturated carbocycles. The Bertz CT molecular complexity index is 582. The van der Waals surface area contributed by atoms with Crippen LogP contribution in [0.1, 0.15) is 31.1 Å². The molecule has 2 aromatic rings. The molecule has 1 aromatic carbocycles. The van der Waals surface area contributed by atoms with E-state index in [1.54, 1.807) is 32.4 Å². The summed E-state index contributed by atoms with van der Waals surface area (Å²) in [5.41, 5.74) is 1.94. The van der Waals surface area contributed by atoms with Crippen molar-refractivity contribution in [3.8, 4) is 17.4 Å². The fourth-order valence-electron chi connectivity index (χ4n) is 1.87. The Balaban J connectivity index is 2.27. The predicted octanol–water partition coefficient (Wildman–Crippen LogP) is 3.50. The van der Waals surface area contributed by atoms with E-state index in [0.717, 1.165) is 12.0 Å². The molecule has 1 heterocycles. The molecule has 0 fully saturated rings. The number of methoxy groups -OCH3 is 1. The molecule has 4 heteroatoms. The van der Waals surface area contributed by atoms with E-state index in [0.29, 0.717) is 17.4 Å². The number of nitrogens with zero attached hydrogens (tertiary/aromatic N) is 1. The maximum Gasteiger partial charge on any atom is 0.219 e. The lowest BCUT2D eigenvalue weighted by Crippen LogP contribution is -1.96. The molecule has 2 rings (SSSR count). The van der Waals surface area contributed by atoms with Crippen LogP contribution in [0.25, 0.3) is 0 Å². The number of rotatable bonds is 5. The monoisotopic (exact) mass is 273 g/mol. The zero-order valence-electron chi connectivity index (χ0n) is 12.0. The van der Waals surface area contributed by atoms with Crippen LogP contribution in [0.3, 0.4) is 0 Å². The smallest absolute Gasteiger partial charge is 0.219 e. The van der Waals surface area contributed by atoms with Gasteiger partial charge in [-0.2, -0.15) is 0 Å². The maximum absolute atomic E-state index is 9.58. The van der Waals surface area contributed by atoms with Gasteiger partial charge in [0, 0.05) is 12.3 Å². The molecule has 0 bridgehead atoms. The summed E-state index contributed by atoms with van der Waals surface area (Å²) in [6.07, 6.45) is 2.00. The number of benzene rings is 1. The van der Waals surface area contributed by atoms with E-state index in [4.69, 9.17) is 9.47 Å². The van der Waals surface area contributed by atoms with E-state index in [9.17, 15) is 5.11 Å². The third kappa shape index (κ3) is 3.27.